The molecule has 0 unspecified atom stereocenters. The first-order valence-electron chi connectivity index (χ1n) is 7.81. The van der Waals surface area contributed by atoms with Crippen molar-refractivity contribution in [1.29, 1.82) is 0 Å². The lowest BCUT2D eigenvalue weighted by Crippen LogP contribution is -2.53. The van der Waals surface area contributed by atoms with E-state index < -0.39 is 0 Å². The molecule has 1 saturated heterocycles. The first-order chi connectivity index (χ1) is 10.1. The lowest BCUT2D eigenvalue weighted by molar-refractivity contribution is -0.0385. The second-order valence-electron chi connectivity index (χ2n) is 6.31. The Bertz CT molecular complexity index is 526. The van der Waals surface area contributed by atoms with Crippen LogP contribution in [-0.4, -0.2) is 52.8 Å². The van der Waals surface area contributed by atoms with Crippen LogP contribution in [-0.2, 0) is 4.74 Å². The highest BCUT2D eigenvalue weighted by molar-refractivity contribution is 5.94. The molecule has 2 N–H and O–H groups in total. The Morgan fingerprint density at radius 1 is 1.43 bits per heavy atom. The number of aromatic nitrogens is 1. The van der Waals surface area contributed by atoms with Gasteiger partial charge in [-0.15, -0.1) is 0 Å². The van der Waals surface area contributed by atoms with Crippen molar-refractivity contribution in [3.05, 3.63) is 23.0 Å². The summed E-state index contributed by atoms with van der Waals surface area (Å²) >= 11 is 0. The third-order valence-electron chi connectivity index (χ3n) is 4.82. The van der Waals surface area contributed by atoms with Crippen molar-refractivity contribution < 1.29 is 14.6 Å². The second kappa shape index (κ2) is 5.81. The number of aliphatic hydroxyl groups excluding tert-OH is 1. The highest BCUT2D eigenvalue weighted by Crippen LogP contribution is 2.33. The van der Waals surface area contributed by atoms with Crippen molar-refractivity contribution in [1.82, 2.24) is 9.88 Å². The van der Waals surface area contributed by atoms with E-state index >= 15 is 0 Å². The SMILES string of the molecule is Cc1cc(C)c(C(=O)N2CCOC[C@@H]2[C@@H]2CCC[C@@H]2O)[nH]1. The van der Waals surface area contributed by atoms with E-state index in [2.05, 4.69) is 4.98 Å². The Kier molecular flexibility index (Phi) is 4.04. The number of amides is 1. The largest absolute Gasteiger partial charge is 0.393 e. The topological polar surface area (TPSA) is 65.6 Å². The number of carbonyl (C=O) groups is 1. The molecule has 0 radical (unpaired) electrons. The molecule has 116 valence electrons. The standard InChI is InChI=1S/C16H24N2O3/c1-10-8-11(2)17-15(10)16(20)18-6-7-21-9-13(18)12-4-3-5-14(12)19/h8,12-14,17,19H,3-7,9H2,1-2H3/t12-,13+,14-/m0/s1. The van der Waals surface area contributed by atoms with E-state index in [-0.39, 0.29) is 24.0 Å². The van der Waals surface area contributed by atoms with Crippen LogP contribution in [0.1, 0.15) is 41.0 Å². The fourth-order valence-corrected chi connectivity index (χ4v) is 3.74. The number of aliphatic hydroxyl groups is 1. The summed E-state index contributed by atoms with van der Waals surface area (Å²) in [6.45, 7) is 5.62. The number of hydrogen-bond donors (Lipinski definition) is 2. The minimum Gasteiger partial charge on any atom is -0.393 e. The molecule has 2 heterocycles. The summed E-state index contributed by atoms with van der Waals surface area (Å²) in [5.74, 6) is 0.179. The zero-order valence-electron chi connectivity index (χ0n) is 12.8. The molecule has 1 aromatic heterocycles. The molecule has 5 nitrogen and oxygen atoms in total. The van der Waals surface area contributed by atoms with Gasteiger partial charge in [-0.3, -0.25) is 4.79 Å². The number of aromatic amines is 1. The first-order valence-corrected chi connectivity index (χ1v) is 7.81. The molecular weight excluding hydrogens is 268 g/mol. The molecule has 1 saturated carbocycles. The second-order valence-corrected chi connectivity index (χ2v) is 6.31. The van der Waals surface area contributed by atoms with Gasteiger partial charge in [-0.25, -0.2) is 0 Å². The van der Waals surface area contributed by atoms with Crippen molar-refractivity contribution >= 4 is 5.91 Å². The van der Waals surface area contributed by atoms with Crippen LogP contribution >= 0.6 is 0 Å². The average Bonchev–Trinajstić information content (AvgIpc) is 3.03. The minimum atomic E-state index is -0.307. The highest BCUT2D eigenvalue weighted by atomic mass is 16.5. The van der Waals surface area contributed by atoms with E-state index in [0.29, 0.717) is 25.5 Å². The summed E-state index contributed by atoms with van der Waals surface area (Å²) in [6, 6.07) is 1.99. The summed E-state index contributed by atoms with van der Waals surface area (Å²) in [5, 5.41) is 10.2. The molecule has 2 fully saturated rings. The molecule has 1 aliphatic heterocycles. The van der Waals surface area contributed by atoms with Gasteiger partial charge in [0.1, 0.15) is 5.69 Å². The van der Waals surface area contributed by atoms with Crippen LogP contribution in [0, 0.1) is 19.8 Å². The number of ether oxygens (including phenoxy) is 1. The predicted octanol–water partition coefficient (Wildman–Crippen LogP) is 1.63. The van der Waals surface area contributed by atoms with Crippen molar-refractivity contribution in [2.45, 2.75) is 45.3 Å². The van der Waals surface area contributed by atoms with Gasteiger partial charge in [0, 0.05) is 18.2 Å². The third kappa shape index (κ3) is 2.72. The molecule has 1 aliphatic carbocycles. The number of carbonyl (C=O) groups excluding carboxylic acids is 1. The average molecular weight is 292 g/mol. The number of aryl methyl sites for hydroxylation is 2. The van der Waals surface area contributed by atoms with Crippen molar-refractivity contribution in [2.24, 2.45) is 5.92 Å². The summed E-state index contributed by atoms with van der Waals surface area (Å²) < 4.78 is 5.58. The molecule has 0 spiro atoms. The van der Waals surface area contributed by atoms with E-state index in [0.717, 1.165) is 30.5 Å². The number of nitrogens with zero attached hydrogens (tertiary/aromatic N) is 1. The van der Waals surface area contributed by atoms with Crippen molar-refractivity contribution in [3.63, 3.8) is 0 Å². The Morgan fingerprint density at radius 3 is 2.86 bits per heavy atom. The van der Waals surface area contributed by atoms with Gasteiger partial charge < -0.3 is 19.7 Å². The normalized spacial score (nSPS) is 29.9. The van der Waals surface area contributed by atoms with E-state index in [9.17, 15) is 9.90 Å². The van der Waals surface area contributed by atoms with Crippen LogP contribution in [0.15, 0.2) is 6.07 Å². The molecule has 3 atom stereocenters. The van der Waals surface area contributed by atoms with E-state index in [1.165, 1.54) is 0 Å². The van der Waals surface area contributed by atoms with Crippen LogP contribution in [0.4, 0.5) is 0 Å². The Labute approximate surface area is 125 Å². The summed E-state index contributed by atoms with van der Waals surface area (Å²) in [6.07, 6.45) is 2.54. The quantitative estimate of drug-likeness (QED) is 0.871. The molecule has 5 heteroatoms. The predicted molar refractivity (Wildman–Crippen MR) is 79.3 cm³/mol. The molecular formula is C16H24N2O3. The molecule has 1 aromatic rings. The van der Waals surface area contributed by atoms with E-state index in [4.69, 9.17) is 4.74 Å². The lowest BCUT2D eigenvalue weighted by Gasteiger charge is -2.40. The summed E-state index contributed by atoms with van der Waals surface area (Å²) in [5.41, 5.74) is 2.66. The zero-order valence-corrected chi connectivity index (χ0v) is 12.8. The monoisotopic (exact) mass is 292 g/mol. The third-order valence-corrected chi connectivity index (χ3v) is 4.82. The van der Waals surface area contributed by atoms with Crippen LogP contribution in [0.5, 0.6) is 0 Å². The Morgan fingerprint density at radius 2 is 2.24 bits per heavy atom. The molecule has 2 aliphatic rings. The fraction of sp³-hybridized carbons (Fsp3) is 0.688. The van der Waals surface area contributed by atoms with Gasteiger partial charge in [-0.1, -0.05) is 6.42 Å². The van der Waals surface area contributed by atoms with Crippen molar-refractivity contribution in [2.75, 3.05) is 19.8 Å². The molecule has 0 bridgehead atoms. The first kappa shape index (κ1) is 14.6. The van der Waals surface area contributed by atoms with E-state index in [1.807, 2.05) is 24.8 Å². The van der Waals surface area contributed by atoms with Crippen LogP contribution in [0.2, 0.25) is 0 Å². The van der Waals surface area contributed by atoms with Crippen LogP contribution < -0.4 is 0 Å². The number of morpholine rings is 1. The zero-order chi connectivity index (χ0) is 15.0. The molecule has 3 rings (SSSR count). The van der Waals surface area contributed by atoms with Gasteiger partial charge in [0.2, 0.25) is 0 Å². The Balaban J connectivity index is 1.83. The fourth-order valence-electron chi connectivity index (χ4n) is 3.74. The molecule has 0 aromatic carbocycles. The maximum Gasteiger partial charge on any atom is 0.270 e. The summed E-state index contributed by atoms with van der Waals surface area (Å²) in [7, 11) is 0. The van der Waals surface area contributed by atoms with Crippen LogP contribution in [0.3, 0.4) is 0 Å². The highest BCUT2D eigenvalue weighted by Gasteiger charge is 2.40. The van der Waals surface area contributed by atoms with E-state index in [1.54, 1.807) is 0 Å². The number of nitrogens with one attached hydrogen (secondary N) is 1. The minimum absolute atomic E-state index is 0.00763. The number of hydrogen-bond acceptors (Lipinski definition) is 3. The molecule has 1 amide bonds. The Hall–Kier alpha value is -1.33. The van der Waals surface area contributed by atoms with Gasteiger partial charge in [-0.05, 0) is 38.3 Å². The maximum atomic E-state index is 12.9. The number of rotatable bonds is 2. The van der Waals surface area contributed by atoms with Crippen molar-refractivity contribution in [3.8, 4) is 0 Å². The number of H-pyrrole nitrogens is 1. The van der Waals surface area contributed by atoms with Gasteiger partial charge >= 0.3 is 0 Å². The van der Waals surface area contributed by atoms with Gasteiger partial charge in [0.05, 0.1) is 25.4 Å². The summed E-state index contributed by atoms with van der Waals surface area (Å²) in [4.78, 5) is 17.9. The van der Waals surface area contributed by atoms with Gasteiger partial charge in [0.25, 0.3) is 5.91 Å². The smallest absolute Gasteiger partial charge is 0.270 e. The van der Waals surface area contributed by atoms with Gasteiger partial charge in [-0.2, -0.15) is 0 Å². The van der Waals surface area contributed by atoms with Gasteiger partial charge in [0.15, 0.2) is 0 Å². The lowest BCUT2D eigenvalue weighted by atomic mass is 9.94. The maximum absolute atomic E-state index is 12.9. The molecule has 21 heavy (non-hydrogen) atoms. The van der Waals surface area contributed by atoms with Crippen LogP contribution in [0.25, 0.3) is 0 Å².